The Balaban J connectivity index is 2.10. The van der Waals surface area contributed by atoms with Crippen molar-refractivity contribution in [2.24, 2.45) is 11.7 Å². The molecule has 1 heterocycles. The fourth-order valence-corrected chi connectivity index (χ4v) is 3.65. The van der Waals surface area contributed by atoms with Crippen LogP contribution in [0.25, 0.3) is 11.0 Å². The molecule has 4 heteroatoms. The average Bonchev–Trinajstić information content (AvgIpc) is 2.80. The van der Waals surface area contributed by atoms with Crippen LogP contribution in [-0.4, -0.2) is 9.55 Å². The summed E-state index contributed by atoms with van der Waals surface area (Å²) in [6.45, 7) is 5.41. The molecule has 2 aromatic rings. The van der Waals surface area contributed by atoms with Gasteiger partial charge in [-0.3, -0.25) is 0 Å². The molecule has 0 aliphatic heterocycles. The van der Waals surface area contributed by atoms with Crippen molar-refractivity contribution in [3.05, 3.63) is 28.5 Å². The van der Waals surface area contributed by atoms with Gasteiger partial charge in [0.15, 0.2) is 0 Å². The third kappa shape index (κ3) is 2.29. The standard InChI is InChI=1S/C16H22BrN3/c1-3-20-14-5-4-12(17)10-13(14)19-15(20)16(18)8-6-11(2)7-9-16/h4-5,10-11H,3,6-9,18H2,1-2H3. The number of nitrogens with two attached hydrogens (primary N) is 1. The summed E-state index contributed by atoms with van der Waals surface area (Å²) in [6, 6.07) is 6.29. The first-order chi connectivity index (χ1) is 9.53. The minimum Gasteiger partial charge on any atom is -0.327 e. The van der Waals surface area contributed by atoms with Crippen LogP contribution in [0.4, 0.5) is 0 Å². The molecule has 1 aliphatic rings. The highest BCUT2D eigenvalue weighted by atomic mass is 79.9. The van der Waals surface area contributed by atoms with Crippen molar-refractivity contribution in [2.75, 3.05) is 0 Å². The van der Waals surface area contributed by atoms with Crippen molar-refractivity contribution >= 4 is 27.0 Å². The number of hydrogen-bond donors (Lipinski definition) is 1. The number of rotatable bonds is 2. The molecule has 1 fully saturated rings. The van der Waals surface area contributed by atoms with Gasteiger partial charge in [0, 0.05) is 11.0 Å². The average molecular weight is 336 g/mol. The highest BCUT2D eigenvalue weighted by molar-refractivity contribution is 9.10. The van der Waals surface area contributed by atoms with Crippen molar-refractivity contribution in [2.45, 2.75) is 51.6 Å². The van der Waals surface area contributed by atoms with Crippen LogP contribution in [0.3, 0.4) is 0 Å². The van der Waals surface area contributed by atoms with Crippen LogP contribution >= 0.6 is 15.9 Å². The van der Waals surface area contributed by atoms with Crippen molar-refractivity contribution in [3.63, 3.8) is 0 Å². The number of benzene rings is 1. The van der Waals surface area contributed by atoms with Gasteiger partial charge in [0.1, 0.15) is 5.82 Å². The molecule has 1 aromatic carbocycles. The van der Waals surface area contributed by atoms with Gasteiger partial charge in [-0.25, -0.2) is 4.98 Å². The largest absolute Gasteiger partial charge is 0.327 e. The third-order valence-corrected chi connectivity index (χ3v) is 5.13. The smallest absolute Gasteiger partial charge is 0.130 e. The molecule has 2 N–H and O–H groups in total. The van der Waals surface area contributed by atoms with Gasteiger partial charge in [0.05, 0.1) is 16.6 Å². The van der Waals surface area contributed by atoms with E-state index in [1.165, 1.54) is 18.4 Å². The molecule has 0 radical (unpaired) electrons. The van der Waals surface area contributed by atoms with Gasteiger partial charge in [0.25, 0.3) is 0 Å². The Labute approximate surface area is 128 Å². The molecule has 0 atom stereocenters. The van der Waals surface area contributed by atoms with Gasteiger partial charge in [-0.1, -0.05) is 22.9 Å². The summed E-state index contributed by atoms with van der Waals surface area (Å²) in [4.78, 5) is 4.87. The SMILES string of the molecule is CCn1c(C2(N)CCC(C)CC2)nc2cc(Br)ccc21. The quantitative estimate of drug-likeness (QED) is 0.894. The maximum Gasteiger partial charge on any atom is 0.130 e. The van der Waals surface area contributed by atoms with Gasteiger partial charge in [0.2, 0.25) is 0 Å². The Kier molecular flexibility index (Phi) is 3.63. The Morgan fingerprint density at radius 1 is 1.40 bits per heavy atom. The Morgan fingerprint density at radius 3 is 2.75 bits per heavy atom. The van der Waals surface area contributed by atoms with E-state index in [2.05, 4.69) is 52.5 Å². The molecule has 0 saturated heterocycles. The molecule has 3 rings (SSSR count). The lowest BCUT2D eigenvalue weighted by Crippen LogP contribution is -2.42. The van der Waals surface area contributed by atoms with E-state index >= 15 is 0 Å². The molecule has 0 spiro atoms. The van der Waals surface area contributed by atoms with Gasteiger partial charge < -0.3 is 10.3 Å². The normalized spacial score (nSPS) is 27.1. The molecule has 20 heavy (non-hydrogen) atoms. The highest BCUT2D eigenvalue weighted by Crippen LogP contribution is 2.38. The minimum atomic E-state index is -0.256. The second kappa shape index (κ2) is 5.15. The van der Waals surface area contributed by atoms with Crippen molar-refractivity contribution in [1.82, 2.24) is 9.55 Å². The molecule has 0 bridgehead atoms. The predicted molar refractivity (Wildman–Crippen MR) is 86.6 cm³/mol. The molecular formula is C16H22BrN3. The zero-order chi connectivity index (χ0) is 14.3. The summed E-state index contributed by atoms with van der Waals surface area (Å²) >= 11 is 3.52. The lowest BCUT2D eigenvalue weighted by atomic mass is 9.77. The number of aromatic nitrogens is 2. The van der Waals surface area contributed by atoms with E-state index in [-0.39, 0.29) is 5.54 Å². The van der Waals surface area contributed by atoms with E-state index in [1.807, 2.05) is 0 Å². The number of halogens is 1. The van der Waals surface area contributed by atoms with E-state index in [0.717, 1.165) is 41.1 Å². The van der Waals surface area contributed by atoms with Crippen LogP contribution in [0, 0.1) is 5.92 Å². The third-order valence-electron chi connectivity index (χ3n) is 4.64. The van der Waals surface area contributed by atoms with Gasteiger partial charge in [-0.15, -0.1) is 0 Å². The molecule has 0 amide bonds. The molecule has 1 aliphatic carbocycles. The van der Waals surface area contributed by atoms with Gasteiger partial charge >= 0.3 is 0 Å². The predicted octanol–water partition coefficient (Wildman–Crippen LogP) is 4.18. The van der Waals surface area contributed by atoms with E-state index in [9.17, 15) is 0 Å². The lowest BCUT2D eigenvalue weighted by Gasteiger charge is -2.35. The van der Waals surface area contributed by atoms with Crippen LogP contribution in [0.5, 0.6) is 0 Å². The molecule has 1 aromatic heterocycles. The van der Waals surface area contributed by atoms with E-state index in [0.29, 0.717) is 0 Å². The molecule has 3 nitrogen and oxygen atoms in total. The monoisotopic (exact) mass is 335 g/mol. The fourth-order valence-electron chi connectivity index (χ4n) is 3.30. The first-order valence-electron chi connectivity index (χ1n) is 7.48. The number of nitrogens with zero attached hydrogens (tertiary/aromatic N) is 2. The number of hydrogen-bond acceptors (Lipinski definition) is 2. The Hall–Kier alpha value is -0.870. The molecule has 1 saturated carbocycles. The first kappa shape index (κ1) is 14.1. The zero-order valence-corrected chi connectivity index (χ0v) is 13.8. The van der Waals surface area contributed by atoms with Crippen molar-refractivity contribution in [3.8, 4) is 0 Å². The molecule has 0 unspecified atom stereocenters. The topological polar surface area (TPSA) is 43.8 Å². The summed E-state index contributed by atoms with van der Waals surface area (Å²) in [5, 5.41) is 0. The Morgan fingerprint density at radius 2 is 2.10 bits per heavy atom. The Bertz CT molecular complexity index is 624. The summed E-state index contributed by atoms with van der Waals surface area (Å²) in [5.41, 5.74) is 8.70. The summed E-state index contributed by atoms with van der Waals surface area (Å²) < 4.78 is 3.36. The van der Waals surface area contributed by atoms with Crippen LogP contribution in [0.15, 0.2) is 22.7 Å². The second-order valence-electron chi connectivity index (χ2n) is 6.15. The van der Waals surface area contributed by atoms with Crippen LogP contribution in [0.1, 0.15) is 45.4 Å². The van der Waals surface area contributed by atoms with Crippen molar-refractivity contribution < 1.29 is 0 Å². The maximum absolute atomic E-state index is 6.73. The molecular weight excluding hydrogens is 314 g/mol. The highest BCUT2D eigenvalue weighted by Gasteiger charge is 2.36. The number of fused-ring (bicyclic) bond motifs is 1. The lowest BCUT2D eigenvalue weighted by molar-refractivity contribution is 0.232. The maximum atomic E-state index is 6.73. The number of imidazole rings is 1. The minimum absolute atomic E-state index is 0.256. The zero-order valence-electron chi connectivity index (χ0n) is 12.2. The van der Waals surface area contributed by atoms with E-state index < -0.39 is 0 Å². The number of aryl methyl sites for hydroxylation is 1. The van der Waals surface area contributed by atoms with Gasteiger partial charge in [-0.2, -0.15) is 0 Å². The fraction of sp³-hybridized carbons (Fsp3) is 0.562. The van der Waals surface area contributed by atoms with Gasteiger partial charge in [-0.05, 0) is 56.7 Å². The summed E-state index contributed by atoms with van der Waals surface area (Å²) in [6.07, 6.45) is 4.48. The second-order valence-corrected chi connectivity index (χ2v) is 7.07. The first-order valence-corrected chi connectivity index (χ1v) is 8.28. The summed E-state index contributed by atoms with van der Waals surface area (Å²) in [5.74, 6) is 1.86. The summed E-state index contributed by atoms with van der Waals surface area (Å²) in [7, 11) is 0. The van der Waals surface area contributed by atoms with Crippen LogP contribution in [-0.2, 0) is 12.1 Å². The van der Waals surface area contributed by atoms with Crippen LogP contribution < -0.4 is 5.73 Å². The van der Waals surface area contributed by atoms with E-state index in [1.54, 1.807) is 0 Å². The van der Waals surface area contributed by atoms with Crippen molar-refractivity contribution in [1.29, 1.82) is 0 Å². The molecule has 108 valence electrons. The van der Waals surface area contributed by atoms with E-state index in [4.69, 9.17) is 10.7 Å². The van der Waals surface area contributed by atoms with Crippen LogP contribution in [0.2, 0.25) is 0 Å².